The summed E-state index contributed by atoms with van der Waals surface area (Å²) in [6.07, 6.45) is 0. The van der Waals surface area contributed by atoms with Crippen LogP contribution in [0, 0.1) is 12.7 Å². The SMILES string of the molecule is Cc1ccc(CN(Cc2ccc(F)cc2)Cc2nc(C(=O)NC(c3ccccc3)c3ccccc3)cs2)cc1. The van der Waals surface area contributed by atoms with Gasteiger partial charge >= 0.3 is 0 Å². The molecular weight excluding hydrogens is 505 g/mol. The molecule has 4 aromatic carbocycles. The first-order chi connectivity index (χ1) is 19.0. The second-order valence-corrected chi connectivity index (χ2v) is 10.6. The summed E-state index contributed by atoms with van der Waals surface area (Å²) in [5.41, 5.74) is 5.84. The first kappa shape index (κ1) is 26.5. The minimum Gasteiger partial charge on any atom is -0.340 e. The summed E-state index contributed by atoms with van der Waals surface area (Å²) in [6.45, 7) is 3.99. The van der Waals surface area contributed by atoms with Gasteiger partial charge in [0.2, 0.25) is 0 Å². The van der Waals surface area contributed by atoms with Crippen molar-refractivity contribution in [3.8, 4) is 0 Å². The highest BCUT2D eigenvalue weighted by Crippen LogP contribution is 2.23. The molecule has 0 unspecified atom stereocenters. The smallest absolute Gasteiger partial charge is 0.271 e. The summed E-state index contributed by atoms with van der Waals surface area (Å²) in [6, 6.07) is 34.7. The fourth-order valence-electron chi connectivity index (χ4n) is 4.50. The molecule has 0 spiro atoms. The number of carbonyl (C=O) groups excluding carboxylic acids is 1. The summed E-state index contributed by atoms with van der Waals surface area (Å²) >= 11 is 1.48. The van der Waals surface area contributed by atoms with Crippen molar-refractivity contribution >= 4 is 17.2 Å². The summed E-state index contributed by atoms with van der Waals surface area (Å²) in [5, 5.41) is 5.85. The molecule has 0 fully saturated rings. The fraction of sp³-hybridized carbons (Fsp3) is 0.152. The van der Waals surface area contributed by atoms with Crippen molar-refractivity contribution in [2.45, 2.75) is 32.6 Å². The molecule has 0 saturated heterocycles. The number of hydrogen-bond acceptors (Lipinski definition) is 4. The summed E-state index contributed by atoms with van der Waals surface area (Å²) in [7, 11) is 0. The molecule has 0 aliphatic carbocycles. The van der Waals surface area contributed by atoms with E-state index in [4.69, 9.17) is 4.98 Å². The van der Waals surface area contributed by atoms with Crippen molar-refractivity contribution in [2.75, 3.05) is 0 Å². The normalized spacial score (nSPS) is 11.2. The highest BCUT2D eigenvalue weighted by atomic mass is 32.1. The maximum absolute atomic E-state index is 13.5. The Morgan fingerprint density at radius 1 is 0.795 bits per heavy atom. The average molecular weight is 536 g/mol. The Bertz CT molecular complexity index is 1400. The molecule has 0 aliphatic rings. The largest absolute Gasteiger partial charge is 0.340 e. The zero-order valence-corrected chi connectivity index (χ0v) is 22.6. The highest BCUT2D eigenvalue weighted by molar-refractivity contribution is 7.09. The zero-order chi connectivity index (χ0) is 27.0. The zero-order valence-electron chi connectivity index (χ0n) is 21.8. The molecule has 0 atom stereocenters. The van der Waals surface area contributed by atoms with Crippen LogP contribution in [0.25, 0.3) is 0 Å². The van der Waals surface area contributed by atoms with Crippen LogP contribution in [0.4, 0.5) is 4.39 Å². The van der Waals surface area contributed by atoms with Gasteiger partial charge in [0.1, 0.15) is 16.5 Å². The number of aryl methyl sites for hydroxylation is 1. The Kier molecular flexibility index (Phi) is 8.56. The number of benzene rings is 4. The minimum absolute atomic E-state index is 0.209. The summed E-state index contributed by atoms with van der Waals surface area (Å²) in [4.78, 5) is 20.3. The van der Waals surface area contributed by atoms with E-state index in [9.17, 15) is 9.18 Å². The van der Waals surface area contributed by atoms with E-state index in [1.807, 2.05) is 78.2 Å². The highest BCUT2D eigenvalue weighted by Gasteiger charge is 2.20. The molecule has 5 rings (SSSR count). The Morgan fingerprint density at radius 2 is 1.33 bits per heavy atom. The number of thiazole rings is 1. The van der Waals surface area contributed by atoms with Crippen LogP contribution >= 0.6 is 11.3 Å². The van der Waals surface area contributed by atoms with E-state index in [0.29, 0.717) is 25.3 Å². The van der Waals surface area contributed by atoms with E-state index in [2.05, 4.69) is 41.4 Å². The van der Waals surface area contributed by atoms with E-state index in [-0.39, 0.29) is 17.8 Å². The van der Waals surface area contributed by atoms with Gasteiger partial charge in [0, 0.05) is 18.5 Å². The predicted molar refractivity (Wildman–Crippen MR) is 155 cm³/mol. The number of amides is 1. The maximum atomic E-state index is 13.5. The van der Waals surface area contributed by atoms with E-state index < -0.39 is 0 Å². The molecule has 0 aliphatic heterocycles. The van der Waals surface area contributed by atoms with Gasteiger partial charge in [-0.2, -0.15) is 0 Å². The average Bonchev–Trinajstić information content (AvgIpc) is 3.43. The fourth-order valence-corrected chi connectivity index (χ4v) is 5.32. The van der Waals surface area contributed by atoms with Crippen molar-refractivity contribution in [2.24, 2.45) is 0 Å². The molecule has 0 saturated carbocycles. The maximum Gasteiger partial charge on any atom is 0.271 e. The number of hydrogen-bond donors (Lipinski definition) is 1. The van der Waals surface area contributed by atoms with Crippen LogP contribution in [-0.4, -0.2) is 15.8 Å². The molecule has 1 aromatic heterocycles. The van der Waals surface area contributed by atoms with E-state index in [1.165, 1.54) is 34.6 Å². The molecule has 0 bridgehead atoms. The van der Waals surface area contributed by atoms with E-state index in [0.717, 1.165) is 21.7 Å². The third-order valence-electron chi connectivity index (χ3n) is 6.53. The first-order valence-electron chi connectivity index (χ1n) is 12.9. The minimum atomic E-state index is -0.276. The van der Waals surface area contributed by atoms with Gasteiger partial charge in [-0.1, -0.05) is 103 Å². The lowest BCUT2D eigenvalue weighted by atomic mass is 9.98. The van der Waals surface area contributed by atoms with Crippen molar-refractivity contribution in [1.29, 1.82) is 0 Å². The number of aromatic nitrogens is 1. The summed E-state index contributed by atoms with van der Waals surface area (Å²) in [5.74, 6) is -0.456. The van der Waals surface area contributed by atoms with Gasteiger partial charge in [0.15, 0.2) is 0 Å². The predicted octanol–water partition coefficient (Wildman–Crippen LogP) is 7.31. The summed E-state index contributed by atoms with van der Waals surface area (Å²) < 4.78 is 13.5. The molecule has 1 heterocycles. The monoisotopic (exact) mass is 535 g/mol. The first-order valence-corrected chi connectivity index (χ1v) is 13.8. The quantitative estimate of drug-likeness (QED) is 0.204. The third-order valence-corrected chi connectivity index (χ3v) is 7.36. The van der Waals surface area contributed by atoms with Gasteiger partial charge in [-0.25, -0.2) is 9.37 Å². The number of nitrogens with one attached hydrogen (secondary N) is 1. The van der Waals surface area contributed by atoms with E-state index >= 15 is 0 Å². The Morgan fingerprint density at radius 3 is 1.90 bits per heavy atom. The van der Waals surface area contributed by atoms with Gasteiger partial charge in [-0.05, 0) is 41.3 Å². The third kappa shape index (κ3) is 7.25. The van der Waals surface area contributed by atoms with Crippen LogP contribution in [0.15, 0.2) is 115 Å². The second-order valence-electron chi connectivity index (χ2n) is 9.61. The van der Waals surface area contributed by atoms with Crippen molar-refractivity contribution in [3.05, 3.63) is 159 Å². The number of nitrogens with zero attached hydrogens (tertiary/aromatic N) is 2. The van der Waals surface area contributed by atoms with Crippen molar-refractivity contribution in [3.63, 3.8) is 0 Å². The van der Waals surface area contributed by atoms with E-state index in [1.54, 1.807) is 0 Å². The number of rotatable bonds is 10. The van der Waals surface area contributed by atoms with Gasteiger partial charge in [0.25, 0.3) is 5.91 Å². The molecule has 6 heteroatoms. The van der Waals surface area contributed by atoms with Crippen LogP contribution in [0.3, 0.4) is 0 Å². The van der Waals surface area contributed by atoms with Gasteiger partial charge < -0.3 is 5.32 Å². The standard InChI is InChI=1S/C33H30FN3OS/c1-24-12-14-25(15-13-24)20-37(21-26-16-18-29(34)19-17-26)22-31-35-30(23-39-31)33(38)36-32(27-8-4-2-5-9-27)28-10-6-3-7-11-28/h2-19,23,32H,20-22H2,1H3,(H,36,38). The Labute approximate surface area is 232 Å². The molecular formula is C33H30FN3OS. The van der Waals surface area contributed by atoms with Gasteiger partial charge in [-0.3, -0.25) is 9.69 Å². The molecule has 1 amide bonds. The molecule has 4 nitrogen and oxygen atoms in total. The number of halogens is 1. The lowest BCUT2D eigenvalue weighted by molar-refractivity contribution is 0.0938. The topological polar surface area (TPSA) is 45.2 Å². The lowest BCUT2D eigenvalue weighted by Gasteiger charge is -2.22. The van der Waals surface area contributed by atoms with Crippen LogP contribution < -0.4 is 5.32 Å². The van der Waals surface area contributed by atoms with Crippen molar-refractivity contribution < 1.29 is 9.18 Å². The molecule has 5 aromatic rings. The Balaban J connectivity index is 1.33. The molecule has 39 heavy (non-hydrogen) atoms. The Hall–Kier alpha value is -4.13. The number of carbonyl (C=O) groups is 1. The van der Waals surface area contributed by atoms with Gasteiger partial charge in [-0.15, -0.1) is 11.3 Å². The second kappa shape index (κ2) is 12.6. The molecule has 1 N–H and O–H groups in total. The van der Waals surface area contributed by atoms with Crippen LogP contribution in [0.2, 0.25) is 0 Å². The van der Waals surface area contributed by atoms with Gasteiger partial charge in [0.05, 0.1) is 12.6 Å². The van der Waals surface area contributed by atoms with Crippen LogP contribution in [-0.2, 0) is 19.6 Å². The van der Waals surface area contributed by atoms with Crippen molar-refractivity contribution in [1.82, 2.24) is 15.2 Å². The van der Waals surface area contributed by atoms with Crippen LogP contribution in [0.5, 0.6) is 0 Å². The molecule has 0 radical (unpaired) electrons. The molecule has 196 valence electrons. The van der Waals surface area contributed by atoms with Crippen LogP contribution in [0.1, 0.15) is 49.4 Å². The lowest BCUT2D eigenvalue weighted by Crippen LogP contribution is -2.29.